The summed E-state index contributed by atoms with van der Waals surface area (Å²) in [5.74, 6) is -3.83. The first kappa shape index (κ1) is 24.9. The van der Waals surface area contributed by atoms with E-state index in [-0.39, 0.29) is 19.0 Å². The van der Waals surface area contributed by atoms with E-state index in [1.807, 2.05) is 0 Å². The number of aryl methyl sites for hydroxylation is 1. The molecule has 0 radical (unpaired) electrons. The second-order valence-electron chi connectivity index (χ2n) is 10.5. The van der Waals surface area contributed by atoms with Gasteiger partial charge in [0.15, 0.2) is 5.54 Å². The highest BCUT2D eigenvalue weighted by molar-refractivity contribution is 5.91. The number of carbonyl (C=O) groups is 2. The third kappa shape index (κ3) is 3.98. The average molecular weight is 483 g/mol. The van der Waals surface area contributed by atoms with E-state index in [9.17, 15) is 22.8 Å². The van der Waals surface area contributed by atoms with Crippen molar-refractivity contribution in [2.24, 2.45) is 29.2 Å². The van der Waals surface area contributed by atoms with Crippen LogP contribution >= 0.6 is 0 Å². The van der Waals surface area contributed by atoms with E-state index in [0.29, 0.717) is 55.6 Å². The van der Waals surface area contributed by atoms with Crippen molar-refractivity contribution < 1.29 is 27.2 Å². The standard InChI is InChI=1S/C24H34F3N5O2/c1-14-16(9-10-18(28)31-14)13-32(11-5-8-17-12-23(17,32)22(30)34)21(33)20(29)19(24(25,26)27)15-6-3-2-4-7-15/h9-10,15,17,19-20H,2-8,11-13,29H2,1H3,(H3-,28,30,31,34)/p+1/t17-,19+,20-,23+,32?/m1/s1. The van der Waals surface area contributed by atoms with Gasteiger partial charge < -0.3 is 17.2 Å². The lowest BCUT2D eigenvalue weighted by molar-refractivity contribution is -0.900. The van der Waals surface area contributed by atoms with Crippen molar-refractivity contribution in [1.29, 1.82) is 0 Å². The number of alkyl halides is 3. The number of halogens is 3. The van der Waals surface area contributed by atoms with Crippen LogP contribution < -0.4 is 17.2 Å². The normalized spacial score (nSPS) is 31.4. The Morgan fingerprint density at radius 1 is 1.18 bits per heavy atom. The summed E-state index contributed by atoms with van der Waals surface area (Å²) in [6, 6.07) is 1.55. The van der Waals surface area contributed by atoms with Crippen LogP contribution in [0.15, 0.2) is 12.1 Å². The zero-order chi connectivity index (χ0) is 24.9. The average Bonchev–Trinajstić information content (AvgIpc) is 3.52. The van der Waals surface area contributed by atoms with Crippen LogP contribution in [0.25, 0.3) is 0 Å². The van der Waals surface area contributed by atoms with Gasteiger partial charge in [0.2, 0.25) is 0 Å². The molecule has 7 nitrogen and oxygen atoms in total. The van der Waals surface area contributed by atoms with Crippen molar-refractivity contribution in [3.63, 3.8) is 0 Å². The maximum absolute atomic E-state index is 14.3. The predicted octanol–water partition coefficient (Wildman–Crippen LogP) is 2.94. The zero-order valence-electron chi connectivity index (χ0n) is 19.6. The molecule has 5 atom stereocenters. The molecule has 4 rings (SSSR count). The first-order valence-electron chi connectivity index (χ1n) is 12.2. The number of fused-ring (bicyclic) bond motifs is 1. The number of anilines is 1. The van der Waals surface area contributed by atoms with Crippen LogP contribution in [0.2, 0.25) is 0 Å². The highest BCUT2D eigenvalue weighted by Crippen LogP contribution is 2.59. The van der Waals surface area contributed by atoms with Crippen LogP contribution in [-0.2, 0) is 16.1 Å². The Bertz CT molecular complexity index is 964. The Kier molecular flexibility index (Phi) is 6.44. The van der Waals surface area contributed by atoms with Crippen molar-refractivity contribution in [2.75, 3.05) is 12.3 Å². The molecule has 2 saturated carbocycles. The van der Waals surface area contributed by atoms with E-state index in [0.717, 1.165) is 12.8 Å². The fourth-order valence-electron chi connectivity index (χ4n) is 6.87. The minimum atomic E-state index is -4.61. The van der Waals surface area contributed by atoms with Gasteiger partial charge in [0, 0.05) is 23.6 Å². The molecule has 2 amide bonds. The number of nitrogens with two attached hydrogens (primary N) is 3. The highest BCUT2D eigenvalue weighted by atomic mass is 19.4. The topological polar surface area (TPSA) is 125 Å². The molecule has 3 aliphatic rings. The van der Waals surface area contributed by atoms with Gasteiger partial charge in [0.1, 0.15) is 18.4 Å². The van der Waals surface area contributed by atoms with Crippen LogP contribution in [0.3, 0.4) is 0 Å². The number of piperidine rings is 1. The number of hydrogen-bond acceptors (Lipinski definition) is 5. The molecule has 1 unspecified atom stereocenters. The van der Waals surface area contributed by atoms with E-state index in [4.69, 9.17) is 17.2 Å². The second-order valence-corrected chi connectivity index (χ2v) is 10.5. The van der Waals surface area contributed by atoms with Gasteiger partial charge in [-0.15, -0.1) is 0 Å². The molecule has 6 N–H and O–H groups in total. The second kappa shape index (κ2) is 8.78. The number of nitrogens with zero attached hydrogens (tertiary/aromatic N) is 2. The SMILES string of the molecule is Cc1nc(N)ccc1C[N+]1(C(=O)[C@H](N)[C@H](C2CCCCC2)C(F)(F)F)CCC[C@@H]2C[C@@]21C(N)=O. The summed E-state index contributed by atoms with van der Waals surface area (Å²) in [4.78, 5) is 31.2. The van der Waals surface area contributed by atoms with Gasteiger partial charge >= 0.3 is 12.1 Å². The number of hydrogen-bond donors (Lipinski definition) is 3. The number of rotatable bonds is 6. The first-order valence-corrected chi connectivity index (χ1v) is 12.2. The quantitative estimate of drug-likeness (QED) is 0.538. The number of quaternary nitrogens is 1. The van der Waals surface area contributed by atoms with Crippen LogP contribution in [0.1, 0.15) is 62.6 Å². The van der Waals surface area contributed by atoms with Gasteiger partial charge in [0.05, 0.1) is 12.5 Å². The van der Waals surface area contributed by atoms with Crippen molar-refractivity contribution in [3.8, 4) is 0 Å². The summed E-state index contributed by atoms with van der Waals surface area (Å²) in [7, 11) is 0. The van der Waals surface area contributed by atoms with E-state index in [2.05, 4.69) is 4.98 Å². The number of nitrogen functional groups attached to an aromatic ring is 1. The van der Waals surface area contributed by atoms with Gasteiger partial charge in [0.25, 0.3) is 5.91 Å². The number of pyridine rings is 1. The predicted molar refractivity (Wildman–Crippen MR) is 121 cm³/mol. The molecule has 2 heterocycles. The summed E-state index contributed by atoms with van der Waals surface area (Å²) >= 11 is 0. The number of likely N-dealkylation sites (tertiary alicyclic amines) is 1. The molecule has 0 spiro atoms. The molecule has 10 heteroatoms. The minimum Gasteiger partial charge on any atom is -0.384 e. The van der Waals surface area contributed by atoms with E-state index >= 15 is 0 Å². The van der Waals surface area contributed by atoms with Crippen LogP contribution in [-0.4, -0.2) is 45.6 Å². The molecule has 0 bridgehead atoms. The van der Waals surface area contributed by atoms with Crippen LogP contribution in [0, 0.1) is 24.7 Å². The molecule has 34 heavy (non-hydrogen) atoms. The fourth-order valence-corrected chi connectivity index (χ4v) is 6.87. The highest BCUT2D eigenvalue weighted by Gasteiger charge is 2.77. The van der Waals surface area contributed by atoms with Crippen molar-refractivity contribution in [1.82, 2.24) is 4.98 Å². The van der Waals surface area contributed by atoms with Gasteiger partial charge in [-0.1, -0.05) is 19.3 Å². The maximum Gasteiger partial charge on any atom is 0.394 e. The number of carbonyl (C=O) groups excluding carboxylic acids is 2. The summed E-state index contributed by atoms with van der Waals surface area (Å²) in [6.45, 7) is 1.99. The van der Waals surface area contributed by atoms with Crippen LogP contribution in [0.5, 0.6) is 0 Å². The fraction of sp³-hybridized carbons (Fsp3) is 0.708. The molecule has 1 aromatic rings. The summed E-state index contributed by atoms with van der Waals surface area (Å²) < 4.78 is 42.6. The zero-order valence-corrected chi connectivity index (χ0v) is 19.6. The lowest BCUT2D eigenvalue weighted by Gasteiger charge is -2.47. The molecule has 2 aliphatic carbocycles. The number of aromatic nitrogens is 1. The molecule has 1 aromatic heterocycles. The minimum absolute atomic E-state index is 0.0281. The van der Waals surface area contributed by atoms with Crippen molar-refractivity contribution >= 4 is 17.6 Å². The third-order valence-electron chi connectivity index (χ3n) is 8.64. The molecule has 1 saturated heterocycles. The van der Waals surface area contributed by atoms with Crippen molar-refractivity contribution in [3.05, 3.63) is 23.4 Å². The monoisotopic (exact) mass is 482 g/mol. The molecule has 0 aromatic carbocycles. The Morgan fingerprint density at radius 3 is 2.44 bits per heavy atom. The maximum atomic E-state index is 14.3. The molecule has 188 valence electrons. The summed E-state index contributed by atoms with van der Waals surface area (Å²) in [6.07, 6.45) is 0.186. The lowest BCUT2D eigenvalue weighted by atomic mass is 9.75. The van der Waals surface area contributed by atoms with E-state index < -0.39 is 45.9 Å². The summed E-state index contributed by atoms with van der Waals surface area (Å²) in [5.41, 5.74) is 17.9. The van der Waals surface area contributed by atoms with Gasteiger partial charge in [-0.3, -0.25) is 4.79 Å². The number of amides is 2. The van der Waals surface area contributed by atoms with Gasteiger partial charge in [-0.25, -0.2) is 14.3 Å². The van der Waals surface area contributed by atoms with E-state index in [1.54, 1.807) is 19.1 Å². The smallest absolute Gasteiger partial charge is 0.384 e. The molecular formula is C24H35F3N5O2+. The molecular weight excluding hydrogens is 447 g/mol. The molecule has 3 fully saturated rings. The van der Waals surface area contributed by atoms with Crippen molar-refractivity contribution in [2.45, 2.75) is 82.6 Å². The van der Waals surface area contributed by atoms with Gasteiger partial charge in [-0.05, 0) is 50.7 Å². The summed E-state index contributed by atoms with van der Waals surface area (Å²) in [5, 5.41) is 0. The number of primary amides is 1. The largest absolute Gasteiger partial charge is 0.394 e. The van der Waals surface area contributed by atoms with E-state index in [1.165, 1.54) is 0 Å². The van der Waals surface area contributed by atoms with Crippen LogP contribution in [0.4, 0.5) is 19.0 Å². The lowest BCUT2D eigenvalue weighted by Crippen LogP contribution is -2.72. The molecule has 1 aliphatic heterocycles. The Balaban J connectivity index is 1.78. The first-order chi connectivity index (χ1) is 15.9. The Morgan fingerprint density at radius 2 is 1.85 bits per heavy atom. The Labute approximate surface area is 197 Å². The third-order valence-corrected chi connectivity index (χ3v) is 8.64. The Hall–Kier alpha value is -2.20. The van der Waals surface area contributed by atoms with Gasteiger partial charge in [-0.2, -0.15) is 13.2 Å².